The van der Waals surface area contributed by atoms with Crippen LogP contribution in [-0.2, 0) is 0 Å². The number of aliphatic hydroxyl groups excluding tert-OH is 1. The molecule has 1 heteroatoms. The first-order valence-electron chi connectivity index (χ1n) is 5.16. The standard InChI is InChI=1S/C13H20O/c1-5-6-12(14)11-8-7-10(2)9-13(11,3)4/h5-8,12,14H,9H2,1-4H3. The quantitative estimate of drug-likeness (QED) is 0.666. The van der Waals surface area contributed by atoms with Crippen molar-refractivity contribution < 1.29 is 5.11 Å². The van der Waals surface area contributed by atoms with E-state index in [4.69, 9.17) is 0 Å². The summed E-state index contributed by atoms with van der Waals surface area (Å²) in [6, 6.07) is 0. The van der Waals surface area contributed by atoms with Crippen molar-refractivity contribution >= 4 is 0 Å². The number of hydrogen-bond donors (Lipinski definition) is 1. The molecule has 0 saturated carbocycles. The van der Waals surface area contributed by atoms with Gasteiger partial charge < -0.3 is 5.11 Å². The first kappa shape index (κ1) is 11.3. The van der Waals surface area contributed by atoms with E-state index >= 15 is 0 Å². The molecule has 0 amide bonds. The summed E-state index contributed by atoms with van der Waals surface area (Å²) in [5, 5.41) is 9.91. The average molecular weight is 192 g/mol. The fourth-order valence-corrected chi connectivity index (χ4v) is 2.10. The van der Waals surface area contributed by atoms with Gasteiger partial charge in [-0.1, -0.05) is 43.7 Å². The number of rotatable bonds is 2. The second-order valence-electron chi connectivity index (χ2n) is 4.67. The lowest BCUT2D eigenvalue weighted by Gasteiger charge is -2.33. The van der Waals surface area contributed by atoms with Crippen molar-refractivity contribution in [2.24, 2.45) is 5.41 Å². The van der Waals surface area contributed by atoms with Crippen molar-refractivity contribution in [1.82, 2.24) is 0 Å². The zero-order valence-electron chi connectivity index (χ0n) is 9.54. The number of allylic oxidation sites excluding steroid dienone is 4. The highest BCUT2D eigenvalue weighted by atomic mass is 16.3. The molecule has 0 spiro atoms. The molecule has 1 nitrogen and oxygen atoms in total. The predicted molar refractivity (Wildman–Crippen MR) is 61.1 cm³/mol. The monoisotopic (exact) mass is 192 g/mol. The molecule has 1 unspecified atom stereocenters. The largest absolute Gasteiger partial charge is 0.385 e. The van der Waals surface area contributed by atoms with Crippen LogP contribution in [0.5, 0.6) is 0 Å². The molecule has 78 valence electrons. The van der Waals surface area contributed by atoms with Gasteiger partial charge in [-0.05, 0) is 31.3 Å². The SMILES string of the molecule is CC=CC(O)C1=CC=C(C)CC1(C)C. The second-order valence-corrected chi connectivity index (χ2v) is 4.67. The van der Waals surface area contributed by atoms with Crippen molar-refractivity contribution in [3.8, 4) is 0 Å². The Balaban J connectivity index is 2.95. The Hall–Kier alpha value is -0.820. The Bertz CT molecular complexity index is 292. The molecular weight excluding hydrogens is 172 g/mol. The van der Waals surface area contributed by atoms with Crippen LogP contribution in [0, 0.1) is 5.41 Å². The zero-order chi connectivity index (χ0) is 10.8. The summed E-state index contributed by atoms with van der Waals surface area (Å²) < 4.78 is 0. The Morgan fingerprint density at radius 2 is 2.07 bits per heavy atom. The summed E-state index contributed by atoms with van der Waals surface area (Å²) in [5.41, 5.74) is 2.57. The predicted octanol–water partition coefficient (Wildman–Crippen LogP) is 3.23. The van der Waals surface area contributed by atoms with Crippen molar-refractivity contribution in [2.45, 2.75) is 40.2 Å². The zero-order valence-corrected chi connectivity index (χ0v) is 9.54. The van der Waals surface area contributed by atoms with Gasteiger partial charge in [0.2, 0.25) is 0 Å². The van der Waals surface area contributed by atoms with Crippen LogP contribution in [0.3, 0.4) is 0 Å². The van der Waals surface area contributed by atoms with Crippen LogP contribution in [0.2, 0.25) is 0 Å². The molecule has 0 aromatic heterocycles. The van der Waals surface area contributed by atoms with Gasteiger partial charge in [0, 0.05) is 0 Å². The molecular formula is C13H20O. The van der Waals surface area contributed by atoms with Gasteiger partial charge in [0.25, 0.3) is 0 Å². The Labute approximate surface area is 86.8 Å². The lowest BCUT2D eigenvalue weighted by atomic mass is 9.73. The molecule has 14 heavy (non-hydrogen) atoms. The van der Waals surface area contributed by atoms with Crippen molar-refractivity contribution in [3.05, 3.63) is 35.5 Å². The summed E-state index contributed by atoms with van der Waals surface area (Å²) in [7, 11) is 0. The van der Waals surface area contributed by atoms with Crippen LogP contribution < -0.4 is 0 Å². The van der Waals surface area contributed by atoms with Crippen LogP contribution in [-0.4, -0.2) is 11.2 Å². The third-order valence-electron chi connectivity index (χ3n) is 2.74. The minimum absolute atomic E-state index is 0.0811. The molecule has 0 aromatic carbocycles. The highest BCUT2D eigenvalue weighted by molar-refractivity contribution is 5.33. The topological polar surface area (TPSA) is 20.2 Å². The maximum absolute atomic E-state index is 9.91. The molecule has 0 heterocycles. The van der Waals surface area contributed by atoms with E-state index in [0.717, 1.165) is 12.0 Å². The lowest BCUT2D eigenvalue weighted by molar-refractivity contribution is 0.221. The fraction of sp³-hybridized carbons (Fsp3) is 0.538. The van der Waals surface area contributed by atoms with Gasteiger partial charge in [-0.3, -0.25) is 0 Å². The normalized spacial score (nSPS) is 23.2. The first-order chi connectivity index (χ1) is 6.47. The lowest BCUT2D eigenvalue weighted by Crippen LogP contribution is -2.25. The molecule has 0 aliphatic heterocycles. The van der Waals surface area contributed by atoms with Crippen LogP contribution in [0.4, 0.5) is 0 Å². The fourth-order valence-electron chi connectivity index (χ4n) is 2.10. The maximum atomic E-state index is 9.91. The molecule has 1 aliphatic rings. The van der Waals surface area contributed by atoms with E-state index < -0.39 is 6.10 Å². The molecule has 1 N–H and O–H groups in total. The van der Waals surface area contributed by atoms with E-state index in [1.165, 1.54) is 5.57 Å². The highest BCUT2D eigenvalue weighted by Gasteiger charge is 2.29. The van der Waals surface area contributed by atoms with Crippen LogP contribution in [0.1, 0.15) is 34.1 Å². The van der Waals surface area contributed by atoms with Crippen molar-refractivity contribution in [3.63, 3.8) is 0 Å². The summed E-state index contributed by atoms with van der Waals surface area (Å²) in [5.74, 6) is 0. The van der Waals surface area contributed by atoms with Gasteiger partial charge in [-0.2, -0.15) is 0 Å². The molecule has 0 radical (unpaired) electrons. The van der Waals surface area contributed by atoms with E-state index in [9.17, 15) is 5.11 Å². The molecule has 0 saturated heterocycles. The third-order valence-corrected chi connectivity index (χ3v) is 2.74. The maximum Gasteiger partial charge on any atom is 0.0940 e. The highest BCUT2D eigenvalue weighted by Crippen LogP contribution is 2.38. The Morgan fingerprint density at radius 3 is 2.57 bits per heavy atom. The first-order valence-corrected chi connectivity index (χ1v) is 5.16. The Morgan fingerprint density at radius 1 is 1.43 bits per heavy atom. The molecule has 1 atom stereocenters. The average Bonchev–Trinajstić information content (AvgIpc) is 2.01. The van der Waals surface area contributed by atoms with Gasteiger partial charge in [-0.15, -0.1) is 0 Å². The summed E-state index contributed by atoms with van der Waals surface area (Å²) in [6.07, 6.45) is 8.50. The minimum atomic E-state index is -0.431. The van der Waals surface area contributed by atoms with Crippen molar-refractivity contribution in [2.75, 3.05) is 0 Å². The third kappa shape index (κ3) is 2.36. The van der Waals surface area contributed by atoms with Crippen molar-refractivity contribution in [1.29, 1.82) is 0 Å². The van der Waals surface area contributed by atoms with Crippen LogP contribution >= 0.6 is 0 Å². The molecule has 1 rings (SSSR count). The number of aliphatic hydroxyl groups is 1. The molecule has 1 aliphatic carbocycles. The summed E-state index contributed by atoms with van der Waals surface area (Å²) in [6.45, 7) is 8.43. The van der Waals surface area contributed by atoms with Crippen LogP contribution in [0.15, 0.2) is 35.5 Å². The number of hydrogen-bond acceptors (Lipinski definition) is 1. The van der Waals surface area contributed by atoms with E-state index in [0.29, 0.717) is 0 Å². The molecule has 0 aromatic rings. The summed E-state index contributed by atoms with van der Waals surface area (Å²) >= 11 is 0. The van der Waals surface area contributed by atoms with Gasteiger partial charge in [-0.25, -0.2) is 0 Å². The van der Waals surface area contributed by atoms with Gasteiger partial charge in [0.1, 0.15) is 0 Å². The second kappa shape index (κ2) is 4.14. The van der Waals surface area contributed by atoms with Gasteiger partial charge in [0.05, 0.1) is 6.10 Å². The van der Waals surface area contributed by atoms with Gasteiger partial charge in [0.15, 0.2) is 0 Å². The Kier molecular flexibility index (Phi) is 3.33. The molecule has 0 fully saturated rings. The van der Waals surface area contributed by atoms with Gasteiger partial charge >= 0.3 is 0 Å². The van der Waals surface area contributed by atoms with E-state index in [-0.39, 0.29) is 5.41 Å². The van der Waals surface area contributed by atoms with Crippen LogP contribution in [0.25, 0.3) is 0 Å². The van der Waals surface area contributed by atoms with E-state index in [2.05, 4.69) is 32.9 Å². The van der Waals surface area contributed by atoms with E-state index in [1.54, 1.807) is 0 Å². The summed E-state index contributed by atoms with van der Waals surface area (Å²) in [4.78, 5) is 0. The minimum Gasteiger partial charge on any atom is -0.385 e. The molecule has 0 bridgehead atoms. The van der Waals surface area contributed by atoms with E-state index in [1.807, 2.05) is 19.1 Å². The smallest absolute Gasteiger partial charge is 0.0940 e.